The van der Waals surface area contributed by atoms with Crippen LogP contribution in [-0.4, -0.2) is 29.9 Å². The summed E-state index contributed by atoms with van der Waals surface area (Å²) in [7, 11) is 0. The fraction of sp³-hybridized carbons (Fsp3) is 0.632. The average Bonchev–Trinajstić information content (AvgIpc) is 2.41. The molecule has 1 amide bonds. The van der Waals surface area contributed by atoms with Crippen molar-refractivity contribution in [1.82, 2.24) is 0 Å². The first-order valence-electron chi connectivity index (χ1n) is 8.25. The molecule has 4 nitrogen and oxygen atoms in total. The number of carbonyl (C=O) groups is 1. The Bertz CT molecular complexity index is 486. The van der Waals surface area contributed by atoms with E-state index in [1.54, 1.807) is 4.90 Å². The smallest absolute Gasteiger partial charge is 0.414 e. The summed E-state index contributed by atoms with van der Waals surface area (Å²) in [5.74, 6) is 0. The summed E-state index contributed by atoms with van der Waals surface area (Å²) in [5.41, 5.74) is 0.0333. The second-order valence-electron chi connectivity index (χ2n) is 7.69. The molecule has 1 aromatic carbocycles. The summed E-state index contributed by atoms with van der Waals surface area (Å²) < 4.78 is 11.6. The standard InChI is InChI=1S/C19H31NO3/c1-8-16(22-18(2,3)4)14-20(15-12-10-9-11-13-15)17(21)23-19(5,6)7/h9-13,16H,8,14H2,1-7H3. The van der Waals surface area contributed by atoms with Crippen molar-refractivity contribution in [3.63, 3.8) is 0 Å². The molecule has 0 aromatic heterocycles. The molecule has 1 atom stereocenters. The normalized spacial score (nSPS) is 13.5. The molecule has 0 aliphatic carbocycles. The molecule has 0 N–H and O–H groups in total. The summed E-state index contributed by atoms with van der Waals surface area (Å²) in [6.07, 6.45) is 0.422. The van der Waals surface area contributed by atoms with Gasteiger partial charge < -0.3 is 9.47 Å². The fourth-order valence-corrected chi connectivity index (χ4v) is 2.16. The van der Waals surface area contributed by atoms with Gasteiger partial charge >= 0.3 is 6.09 Å². The second-order valence-corrected chi connectivity index (χ2v) is 7.69. The van der Waals surface area contributed by atoms with E-state index in [1.807, 2.05) is 71.9 Å². The minimum atomic E-state index is -0.531. The van der Waals surface area contributed by atoms with Crippen LogP contribution in [0.1, 0.15) is 54.9 Å². The Kier molecular flexibility index (Phi) is 6.63. The Morgan fingerprint density at radius 3 is 2.04 bits per heavy atom. The summed E-state index contributed by atoms with van der Waals surface area (Å²) in [4.78, 5) is 14.3. The zero-order valence-electron chi connectivity index (χ0n) is 15.6. The lowest BCUT2D eigenvalue weighted by atomic mass is 10.1. The van der Waals surface area contributed by atoms with Crippen LogP contribution >= 0.6 is 0 Å². The molecule has 0 radical (unpaired) electrons. The van der Waals surface area contributed by atoms with Crippen molar-refractivity contribution in [1.29, 1.82) is 0 Å². The van der Waals surface area contributed by atoms with Crippen molar-refractivity contribution >= 4 is 11.8 Å². The Morgan fingerprint density at radius 1 is 1.04 bits per heavy atom. The van der Waals surface area contributed by atoms with Gasteiger partial charge in [0.1, 0.15) is 5.60 Å². The lowest BCUT2D eigenvalue weighted by Gasteiger charge is -2.33. The van der Waals surface area contributed by atoms with Crippen LogP contribution in [0.4, 0.5) is 10.5 Å². The van der Waals surface area contributed by atoms with Crippen molar-refractivity contribution in [2.75, 3.05) is 11.4 Å². The van der Waals surface area contributed by atoms with Crippen LogP contribution < -0.4 is 4.90 Å². The first-order chi connectivity index (χ1) is 10.5. The maximum atomic E-state index is 12.6. The summed E-state index contributed by atoms with van der Waals surface area (Å²) >= 11 is 0. The highest BCUT2D eigenvalue weighted by Gasteiger charge is 2.27. The van der Waals surface area contributed by atoms with Gasteiger partial charge in [0.25, 0.3) is 0 Å². The number of ether oxygens (including phenoxy) is 2. The highest BCUT2D eigenvalue weighted by molar-refractivity contribution is 5.87. The van der Waals surface area contributed by atoms with E-state index in [1.165, 1.54) is 0 Å². The van der Waals surface area contributed by atoms with E-state index < -0.39 is 5.60 Å². The number of amides is 1. The molecule has 0 saturated carbocycles. The number of anilines is 1. The highest BCUT2D eigenvalue weighted by atomic mass is 16.6. The van der Waals surface area contributed by atoms with Crippen LogP contribution in [0.15, 0.2) is 30.3 Å². The van der Waals surface area contributed by atoms with E-state index >= 15 is 0 Å². The number of benzene rings is 1. The van der Waals surface area contributed by atoms with Gasteiger partial charge in [0, 0.05) is 5.69 Å². The first kappa shape index (κ1) is 19.5. The molecule has 4 heteroatoms. The Morgan fingerprint density at radius 2 is 1.61 bits per heavy atom. The molecular formula is C19H31NO3. The third kappa shape index (κ3) is 7.51. The quantitative estimate of drug-likeness (QED) is 0.764. The highest BCUT2D eigenvalue weighted by Crippen LogP contribution is 2.21. The molecule has 0 spiro atoms. The molecule has 1 unspecified atom stereocenters. The van der Waals surface area contributed by atoms with Crippen LogP contribution in [0.5, 0.6) is 0 Å². The number of carbonyl (C=O) groups excluding carboxylic acids is 1. The molecule has 0 fully saturated rings. The van der Waals surface area contributed by atoms with Gasteiger partial charge in [0.2, 0.25) is 0 Å². The lowest BCUT2D eigenvalue weighted by molar-refractivity contribution is -0.0575. The minimum absolute atomic E-state index is 0.0530. The maximum absolute atomic E-state index is 12.6. The largest absolute Gasteiger partial charge is 0.443 e. The zero-order valence-corrected chi connectivity index (χ0v) is 15.6. The predicted octanol–water partition coefficient (Wildman–Crippen LogP) is 5.02. The van der Waals surface area contributed by atoms with Crippen molar-refractivity contribution < 1.29 is 14.3 Å². The molecule has 1 aromatic rings. The first-order valence-corrected chi connectivity index (χ1v) is 8.25. The zero-order chi connectivity index (χ0) is 17.7. The SMILES string of the molecule is CCC(CN(C(=O)OC(C)(C)C)c1ccccc1)OC(C)(C)C. The topological polar surface area (TPSA) is 38.8 Å². The molecule has 0 bridgehead atoms. The summed E-state index contributed by atoms with van der Waals surface area (Å²) in [6, 6.07) is 9.58. The lowest BCUT2D eigenvalue weighted by Crippen LogP contribution is -2.43. The Hall–Kier alpha value is -1.55. The minimum Gasteiger partial charge on any atom is -0.443 e. The van der Waals surface area contributed by atoms with Crippen LogP contribution in [0, 0.1) is 0 Å². The van der Waals surface area contributed by atoms with Crippen LogP contribution in [0.2, 0.25) is 0 Å². The van der Waals surface area contributed by atoms with E-state index in [0.29, 0.717) is 6.54 Å². The van der Waals surface area contributed by atoms with Gasteiger partial charge in [-0.15, -0.1) is 0 Å². The Balaban J connectivity index is 2.98. The number of para-hydroxylation sites is 1. The van der Waals surface area contributed by atoms with Gasteiger partial charge in [0.15, 0.2) is 0 Å². The van der Waals surface area contributed by atoms with E-state index in [-0.39, 0.29) is 17.8 Å². The predicted molar refractivity (Wildman–Crippen MR) is 94.9 cm³/mol. The number of nitrogens with zero attached hydrogens (tertiary/aromatic N) is 1. The fourth-order valence-electron chi connectivity index (χ4n) is 2.16. The molecule has 0 aliphatic rings. The van der Waals surface area contributed by atoms with Gasteiger partial charge in [-0.25, -0.2) is 4.79 Å². The van der Waals surface area contributed by atoms with Gasteiger partial charge in [-0.2, -0.15) is 0 Å². The molecule has 130 valence electrons. The van der Waals surface area contributed by atoms with E-state index in [0.717, 1.165) is 12.1 Å². The van der Waals surface area contributed by atoms with E-state index in [2.05, 4.69) is 6.92 Å². The van der Waals surface area contributed by atoms with Gasteiger partial charge in [0.05, 0.1) is 18.2 Å². The molecule has 0 heterocycles. The van der Waals surface area contributed by atoms with Crippen molar-refractivity contribution in [2.45, 2.75) is 72.2 Å². The molecule has 0 aliphatic heterocycles. The van der Waals surface area contributed by atoms with Crippen molar-refractivity contribution in [3.05, 3.63) is 30.3 Å². The third-order valence-corrected chi connectivity index (χ3v) is 3.04. The van der Waals surface area contributed by atoms with Gasteiger partial charge in [-0.05, 0) is 60.1 Å². The van der Waals surface area contributed by atoms with Crippen LogP contribution in [-0.2, 0) is 9.47 Å². The number of hydrogen-bond donors (Lipinski definition) is 0. The van der Waals surface area contributed by atoms with E-state index in [4.69, 9.17) is 9.47 Å². The van der Waals surface area contributed by atoms with Crippen molar-refractivity contribution in [2.24, 2.45) is 0 Å². The molecule has 1 rings (SSSR count). The third-order valence-electron chi connectivity index (χ3n) is 3.04. The number of hydrogen-bond acceptors (Lipinski definition) is 3. The van der Waals surface area contributed by atoms with Crippen molar-refractivity contribution in [3.8, 4) is 0 Å². The maximum Gasteiger partial charge on any atom is 0.414 e. The van der Waals surface area contributed by atoms with Crippen LogP contribution in [0.3, 0.4) is 0 Å². The average molecular weight is 321 g/mol. The molecule has 0 saturated heterocycles. The number of rotatable bonds is 5. The van der Waals surface area contributed by atoms with Gasteiger partial charge in [-0.1, -0.05) is 25.1 Å². The monoisotopic (exact) mass is 321 g/mol. The molecule has 23 heavy (non-hydrogen) atoms. The van der Waals surface area contributed by atoms with E-state index in [9.17, 15) is 4.79 Å². The second kappa shape index (κ2) is 7.82. The molecular weight excluding hydrogens is 290 g/mol. The van der Waals surface area contributed by atoms with Gasteiger partial charge in [-0.3, -0.25) is 4.90 Å². The summed E-state index contributed by atoms with van der Waals surface area (Å²) in [6.45, 7) is 14.2. The summed E-state index contributed by atoms with van der Waals surface area (Å²) in [5, 5.41) is 0. The van der Waals surface area contributed by atoms with Crippen LogP contribution in [0.25, 0.3) is 0 Å². The Labute approximate surface area is 140 Å².